The number of hydrogen-bond donors (Lipinski definition) is 1. The molecule has 2 aliphatic rings. The summed E-state index contributed by atoms with van der Waals surface area (Å²) in [6.45, 7) is 6.10. The predicted octanol–water partition coefficient (Wildman–Crippen LogP) is 1.02. The van der Waals surface area contributed by atoms with Gasteiger partial charge in [0.1, 0.15) is 5.82 Å². The fraction of sp³-hybridized carbons (Fsp3) is 0.750. The van der Waals surface area contributed by atoms with Crippen LogP contribution in [0, 0.1) is 0 Å². The number of nitrogens with zero attached hydrogens (tertiary/aromatic N) is 4. The van der Waals surface area contributed by atoms with E-state index in [1.165, 1.54) is 12.8 Å². The van der Waals surface area contributed by atoms with Gasteiger partial charge in [0.05, 0.1) is 13.2 Å². The standard InChI is InChI=1S/C12H19N5O/c1-2-13-11-14-10(9-3-4-9)15-12(16-11)17-5-7-18-8-6-17/h9H,2-8H2,1H3,(H,13,14,15,16). The quantitative estimate of drug-likeness (QED) is 0.859. The Balaban J connectivity index is 1.86. The van der Waals surface area contributed by atoms with Crippen LogP contribution in [-0.2, 0) is 4.74 Å². The molecule has 6 nitrogen and oxygen atoms in total. The number of morpholine rings is 1. The normalized spacial score (nSPS) is 19.9. The molecule has 6 heteroatoms. The van der Waals surface area contributed by atoms with Crippen molar-refractivity contribution in [2.45, 2.75) is 25.7 Å². The second kappa shape index (κ2) is 5.06. The highest BCUT2D eigenvalue weighted by molar-refractivity contribution is 5.38. The van der Waals surface area contributed by atoms with Crippen LogP contribution in [-0.4, -0.2) is 47.8 Å². The summed E-state index contributed by atoms with van der Waals surface area (Å²) in [5.41, 5.74) is 0. The summed E-state index contributed by atoms with van der Waals surface area (Å²) < 4.78 is 5.36. The van der Waals surface area contributed by atoms with E-state index in [4.69, 9.17) is 4.74 Å². The van der Waals surface area contributed by atoms with Crippen LogP contribution in [0.15, 0.2) is 0 Å². The van der Waals surface area contributed by atoms with E-state index < -0.39 is 0 Å². The molecule has 0 aromatic carbocycles. The molecule has 2 fully saturated rings. The third kappa shape index (κ3) is 2.53. The smallest absolute Gasteiger partial charge is 0.230 e. The molecule has 1 aliphatic carbocycles. The van der Waals surface area contributed by atoms with Crippen molar-refractivity contribution in [1.29, 1.82) is 0 Å². The lowest BCUT2D eigenvalue weighted by molar-refractivity contribution is 0.122. The Morgan fingerprint density at radius 2 is 2.00 bits per heavy atom. The van der Waals surface area contributed by atoms with Crippen LogP contribution in [0.5, 0.6) is 0 Å². The molecule has 2 heterocycles. The van der Waals surface area contributed by atoms with E-state index in [0.29, 0.717) is 11.9 Å². The second-order valence-corrected chi connectivity index (χ2v) is 4.72. The number of ether oxygens (including phenoxy) is 1. The van der Waals surface area contributed by atoms with Gasteiger partial charge in [0.2, 0.25) is 11.9 Å². The van der Waals surface area contributed by atoms with E-state index >= 15 is 0 Å². The molecule has 0 radical (unpaired) electrons. The second-order valence-electron chi connectivity index (χ2n) is 4.72. The lowest BCUT2D eigenvalue weighted by atomic mass is 10.4. The van der Waals surface area contributed by atoms with Crippen LogP contribution >= 0.6 is 0 Å². The first-order valence-corrected chi connectivity index (χ1v) is 6.69. The van der Waals surface area contributed by atoms with Crippen molar-refractivity contribution in [3.63, 3.8) is 0 Å². The first kappa shape index (κ1) is 11.6. The largest absolute Gasteiger partial charge is 0.378 e. The zero-order valence-electron chi connectivity index (χ0n) is 10.7. The molecule has 1 aliphatic heterocycles. The van der Waals surface area contributed by atoms with Crippen molar-refractivity contribution < 1.29 is 4.74 Å². The Bertz CT molecular complexity index is 415. The minimum Gasteiger partial charge on any atom is -0.378 e. The monoisotopic (exact) mass is 249 g/mol. The van der Waals surface area contributed by atoms with Gasteiger partial charge in [0.15, 0.2) is 0 Å². The molecule has 0 spiro atoms. The molecule has 0 amide bonds. The first-order valence-electron chi connectivity index (χ1n) is 6.69. The molecular weight excluding hydrogens is 230 g/mol. The highest BCUT2D eigenvalue weighted by Crippen LogP contribution is 2.38. The zero-order chi connectivity index (χ0) is 12.4. The van der Waals surface area contributed by atoms with E-state index in [1.54, 1.807) is 0 Å². The van der Waals surface area contributed by atoms with Gasteiger partial charge in [-0.25, -0.2) is 0 Å². The lowest BCUT2D eigenvalue weighted by Gasteiger charge is -2.27. The Morgan fingerprint density at radius 1 is 1.22 bits per heavy atom. The molecule has 18 heavy (non-hydrogen) atoms. The summed E-state index contributed by atoms with van der Waals surface area (Å²) in [7, 11) is 0. The fourth-order valence-corrected chi connectivity index (χ4v) is 2.05. The van der Waals surface area contributed by atoms with E-state index in [9.17, 15) is 0 Å². The first-order chi connectivity index (χ1) is 8.86. The molecule has 98 valence electrons. The topological polar surface area (TPSA) is 63.2 Å². The van der Waals surface area contributed by atoms with Gasteiger partial charge >= 0.3 is 0 Å². The molecule has 3 rings (SSSR count). The van der Waals surface area contributed by atoms with Crippen molar-refractivity contribution in [2.24, 2.45) is 0 Å². The number of rotatable bonds is 4. The fourth-order valence-electron chi connectivity index (χ4n) is 2.05. The average Bonchev–Trinajstić information content (AvgIpc) is 3.24. The third-order valence-corrected chi connectivity index (χ3v) is 3.21. The Kier molecular flexibility index (Phi) is 3.27. The molecule has 1 saturated carbocycles. The van der Waals surface area contributed by atoms with Crippen molar-refractivity contribution >= 4 is 11.9 Å². The number of anilines is 2. The molecular formula is C12H19N5O. The molecule has 0 unspecified atom stereocenters. The van der Waals surface area contributed by atoms with E-state index in [2.05, 4.69) is 32.1 Å². The van der Waals surface area contributed by atoms with Gasteiger partial charge in [-0.15, -0.1) is 0 Å². The maximum Gasteiger partial charge on any atom is 0.230 e. The summed E-state index contributed by atoms with van der Waals surface area (Å²) in [5, 5.41) is 3.19. The third-order valence-electron chi connectivity index (χ3n) is 3.21. The maximum atomic E-state index is 5.36. The van der Waals surface area contributed by atoms with Crippen LogP contribution in [0.25, 0.3) is 0 Å². The molecule has 0 bridgehead atoms. The predicted molar refractivity (Wildman–Crippen MR) is 69.0 cm³/mol. The summed E-state index contributed by atoms with van der Waals surface area (Å²) in [5.74, 6) is 3.00. The van der Waals surface area contributed by atoms with Gasteiger partial charge in [-0.05, 0) is 19.8 Å². The SMILES string of the molecule is CCNc1nc(C2CC2)nc(N2CCOCC2)n1. The highest BCUT2D eigenvalue weighted by Gasteiger charge is 2.28. The summed E-state index contributed by atoms with van der Waals surface area (Å²) in [6, 6.07) is 0. The van der Waals surface area contributed by atoms with Gasteiger partial charge < -0.3 is 15.0 Å². The van der Waals surface area contributed by atoms with Crippen molar-refractivity contribution in [2.75, 3.05) is 43.1 Å². The Morgan fingerprint density at radius 3 is 2.67 bits per heavy atom. The van der Waals surface area contributed by atoms with E-state index in [1.807, 2.05) is 0 Å². The molecule has 1 N–H and O–H groups in total. The minimum absolute atomic E-state index is 0.546. The highest BCUT2D eigenvalue weighted by atomic mass is 16.5. The molecule has 1 saturated heterocycles. The van der Waals surface area contributed by atoms with Crippen LogP contribution in [0.4, 0.5) is 11.9 Å². The van der Waals surface area contributed by atoms with Crippen LogP contribution < -0.4 is 10.2 Å². The maximum absolute atomic E-state index is 5.36. The van der Waals surface area contributed by atoms with Crippen molar-refractivity contribution in [3.8, 4) is 0 Å². The van der Waals surface area contributed by atoms with Crippen LogP contribution in [0.3, 0.4) is 0 Å². The summed E-state index contributed by atoms with van der Waals surface area (Å²) in [4.78, 5) is 15.8. The zero-order valence-corrected chi connectivity index (χ0v) is 10.7. The lowest BCUT2D eigenvalue weighted by Crippen LogP contribution is -2.37. The number of aromatic nitrogens is 3. The number of hydrogen-bond acceptors (Lipinski definition) is 6. The number of nitrogens with one attached hydrogen (secondary N) is 1. The Labute approximate surface area is 107 Å². The van der Waals surface area contributed by atoms with Gasteiger partial charge in [0.25, 0.3) is 0 Å². The summed E-state index contributed by atoms with van der Waals surface area (Å²) >= 11 is 0. The van der Waals surface area contributed by atoms with Crippen molar-refractivity contribution in [1.82, 2.24) is 15.0 Å². The van der Waals surface area contributed by atoms with E-state index in [-0.39, 0.29) is 0 Å². The minimum atomic E-state index is 0.546. The van der Waals surface area contributed by atoms with E-state index in [0.717, 1.165) is 44.6 Å². The summed E-state index contributed by atoms with van der Waals surface area (Å²) in [6.07, 6.45) is 2.41. The van der Waals surface area contributed by atoms with Gasteiger partial charge in [-0.2, -0.15) is 15.0 Å². The van der Waals surface area contributed by atoms with Crippen LogP contribution in [0.2, 0.25) is 0 Å². The Hall–Kier alpha value is -1.43. The van der Waals surface area contributed by atoms with Crippen molar-refractivity contribution in [3.05, 3.63) is 5.82 Å². The van der Waals surface area contributed by atoms with Gasteiger partial charge in [-0.1, -0.05) is 0 Å². The van der Waals surface area contributed by atoms with Gasteiger partial charge in [-0.3, -0.25) is 0 Å². The average molecular weight is 249 g/mol. The molecule has 1 aromatic rings. The van der Waals surface area contributed by atoms with Crippen LogP contribution in [0.1, 0.15) is 31.5 Å². The molecule has 1 aromatic heterocycles. The molecule has 0 atom stereocenters. The van der Waals surface area contributed by atoms with Gasteiger partial charge in [0, 0.05) is 25.6 Å².